The van der Waals surface area contributed by atoms with Gasteiger partial charge in [0, 0.05) is 30.3 Å². The predicted molar refractivity (Wildman–Crippen MR) is 202 cm³/mol. The van der Waals surface area contributed by atoms with Crippen LogP contribution in [0.2, 0.25) is 0 Å². The number of hydrogen-bond donors (Lipinski definition) is 4. The Kier molecular flexibility index (Phi) is 11.4. The van der Waals surface area contributed by atoms with Crippen molar-refractivity contribution in [2.75, 3.05) is 5.75 Å². The van der Waals surface area contributed by atoms with Crippen LogP contribution in [0.1, 0.15) is 47.1 Å². The molecule has 0 aliphatic carbocycles. The first-order valence-corrected chi connectivity index (χ1v) is 18.4. The van der Waals surface area contributed by atoms with Gasteiger partial charge in [0.1, 0.15) is 5.75 Å². The fraction of sp³-hybridized carbons (Fsp3) is 0.220. The van der Waals surface area contributed by atoms with Crippen LogP contribution < -0.4 is 10.6 Å². The molecule has 1 saturated heterocycles. The number of aliphatic hydroxyl groups is 1. The molecule has 1 aromatic heterocycles. The Bertz CT molecular complexity index is 2100. The normalized spacial score (nSPS) is 18.4. The first-order chi connectivity index (χ1) is 25.9. The Morgan fingerprint density at radius 3 is 2.25 bits per heavy atom. The molecule has 2 heterocycles. The van der Waals surface area contributed by atoms with E-state index >= 15 is 0 Å². The zero-order valence-corrected chi connectivity index (χ0v) is 29.9. The molecule has 0 saturated carbocycles. The van der Waals surface area contributed by atoms with Gasteiger partial charge < -0.3 is 30.3 Å². The molecule has 0 spiro atoms. The van der Waals surface area contributed by atoms with Crippen molar-refractivity contribution in [2.24, 2.45) is 5.92 Å². The van der Waals surface area contributed by atoms with Gasteiger partial charge >= 0.3 is 6.03 Å². The summed E-state index contributed by atoms with van der Waals surface area (Å²) < 4.78 is 15.0. The van der Waals surface area contributed by atoms with Crippen LogP contribution >= 0.6 is 11.8 Å². The van der Waals surface area contributed by atoms with Crippen molar-refractivity contribution >= 4 is 17.8 Å². The Morgan fingerprint density at radius 2 is 1.49 bits per heavy atom. The Hall–Kier alpha value is -5.53. The number of thioether (sulfide) groups is 1. The van der Waals surface area contributed by atoms with Gasteiger partial charge in [0.25, 0.3) is 0 Å². The number of carbonyl (C=O) groups excluding carboxylic acids is 1. The van der Waals surface area contributed by atoms with Gasteiger partial charge in [-0.05, 0) is 68.1 Å². The van der Waals surface area contributed by atoms with E-state index in [1.807, 2.05) is 91.0 Å². The predicted octanol–water partition coefficient (Wildman–Crippen LogP) is 7.11. The molecular weight excluding hydrogens is 689 g/mol. The second kappa shape index (κ2) is 16.9. The summed E-state index contributed by atoms with van der Waals surface area (Å²) in [6.45, 7) is 2.91. The number of rotatable bonds is 12. The van der Waals surface area contributed by atoms with Gasteiger partial charge in [0.2, 0.25) is 5.16 Å². The van der Waals surface area contributed by atoms with E-state index in [1.165, 1.54) is 11.8 Å². The summed E-state index contributed by atoms with van der Waals surface area (Å²) in [6.07, 6.45) is -1.16. The number of ether oxygens (including phenoxy) is 2. The topological polar surface area (TPSA) is 144 Å². The van der Waals surface area contributed by atoms with Crippen LogP contribution in [0.3, 0.4) is 0 Å². The molecule has 1 aliphatic heterocycles. The number of phenolic OH excluding ortho intramolecular Hbond substituents is 1. The summed E-state index contributed by atoms with van der Waals surface area (Å²) in [4.78, 5) is 12.6. The van der Waals surface area contributed by atoms with E-state index in [9.17, 15) is 15.0 Å². The lowest BCUT2D eigenvalue weighted by molar-refractivity contribution is -0.268. The van der Waals surface area contributed by atoms with Gasteiger partial charge in [-0.1, -0.05) is 122 Å². The fourth-order valence-corrected chi connectivity index (χ4v) is 7.34. The van der Waals surface area contributed by atoms with Crippen molar-refractivity contribution in [3.8, 4) is 22.6 Å². The zero-order valence-electron chi connectivity index (χ0n) is 29.1. The van der Waals surface area contributed by atoms with Crippen LogP contribution in [0.5, 0.6) is 5.75 Å². The van der Waals surface area contributed by atoms with Crippen LogP contribution in [0, 0.1) is 5.92 Å². The minimum absolute atomic E-state index is 0.0275. The summed E-state index contributed by atoms with van der Waals surface area (Å²) in [6, 6.07) is 40.3. The van der Waals surface area contributed by atoms with Gasteiger partial charge in [-0.25, -0.2) is 4.79 Å². The zero-order chi connectivity index (χ0) is 36.6. The highest BCUT2D eigenvalue weighted by Crippen LogP contribution is 2.43. The van der Waals surface area contributed by atoms with Crippen LogP contribution in [-0.2, 0) is 29.2 Å². The van der Waals surface area contributed by atoms with Crippen molar-refractivity contribution in [3.63, 3.8) is 0 Å². The number of aromatic hydroxyl groups is 1. The Morgan fingerprint density at radius 1 is 0.792 bits per heavy atom. The number of nitrogens with zero attached hydrogens (tertiary/aromatic N) is 4. The average Bonchev–Trinajstić information content (AvgIpc) is 3.68. The van der Waals surface area contributed by atoms with E-state index in [0.717, 1.165) is 44.6 Å². The molecular formula is C41H40N6O5S. The van der Waals surface area contributed by atoms with Crippen LogP contribution in [0.15, 0.2) is 133 Å². The molecule has 0 unspecified atom stereocenters. The number of phenols is 1. The molecule has 2 amide bonds. The third-order valence-electron chi connectivity index (χ3n) is 9.28. The number of aliphatic hydroxyl groups excluding tert-OH is 1. The molecule has 0 bridgehead atoms. The van der Waals surface area contributed by atoms with E-state index in [-0.39, 0.29) is 36.5 Å². The fourth-order valence-electron chi connectivity index (χ4n) is 6.28. The van der Waals surface area contributed by atoms with Crippen molar-refractivity contribution in [2.45, 2.75) is 50.3 Å². The molecule has 270 valence electrons. The van der Waals surface area contributed by atoms with E-state index in [1.54, 1.807) is 28.9 Å². The summed E-state index contributed by atoms with van der Waals surface area (Å²) in [5.74, 6) is 0.695. The number of benzene rings is 5. The first kappa shape index (κ1) is 35.9. The first-order valence-electron chi connectivity index (χ1n) is 17.4. The minimum atomic E-state index is -0.647. The lowest BCUT2D eigenvalue weighted by Gasteiger charge is -2.41. The number of aromatic nitrogens is 4. The molecule has 4 N–H and O–H groups in total. The molecule has 5 aromatic carbocycles. The van der Waals surface area contributed by atoms with E-state index in [2.05, 4.69) is 45.2 Å². The summed E-state index contributed by atoms with van der Waals surface area (Å²) in [7, 11) is 0. The van der Waals surface area contributed by atoms with Gasteiger partial charge in [-0.2, -0.15) is 4.68 Å². The molecule has 11 nitrogen and oxygen atoms in total. The van der Waals surface area contributed by atoms with Crippen LogP contribution in [0.4, 0.5) is 4.79 Å². The third kappa shape index (κ3) is 8.75. The molecule has 0 radical (unpaired) electrons. The van der Waals surface area contributed by atoms with Crippen LogP contribution in [-0.4, -0.2) is 48.3 Å². The Balaban J connectivity index is 1.07. The highest BCUT2D eigenvalue weighted by molar-refractivity contribution is 7.99. The summed E-state index contributed by atoms with van der Waals surface area (Å²) in [5.41, 5.74) is 7.49. The standard InChI is InChI=1S/C41H40N6O5S/c1-27-37(26-53-41-44-45-46-47(41)34-19-21-35(49)22-20-34)51-39(52-38(27)31-13-11-29(25-48)12-14-31)32-17-15-30(16-18-32)36-10-6-5-9-33(36)24-43-40(50)42-23-28-7-3-2-4-8-28/h2-22,27,37-39,48-49H,23-26H2,1H3,(H2,42,43,50)/t27-,37+,38+,39+/m0/s1. The molecule has 4 atom stereocenters. The Labute approximate surface area is 312 Å². The lowest BCUT2D eigenvalue weighted by atomic mass is 9.91. The third-order valence-corrected chi connectivity index (χ3v) is 10.3. The average molecular weight is 729 g/mol. The summed E-state index contributed by atoms with van der Waals surface area (Å²) in [5, 5.41) is 38.2. The van der Waals surface area contributed by atoms with Gasteiger partial charge in [-0.3, -0.25) is 0 Å². The molecule has 6 aromatic rings. The van der Waals surface area contributed by atoms with E-state index in [4.69, 9.17) is 9.47 Å². The number of hydrogen-bond acceptors (Lipinski definition) is 9. The molecule has 7 rings (SSSR count). The van der Waals surface area contributed by atoms with Crippen LogP contribution in [0.25, 0.3) is 16.8 Å². The molecule has 12 heteroatoms. The minimum Gasteiger partial charge on any atom is -0.508 e. The number of nitrogens with one attached hydrogen (secondary N) is 2. The molecule has 53 heavy (non-hydrogen) atoms. The van der Waals surface area contributed by atoms with Gasteiger partial charge in [-0.15, -0.1) is 5.10 Å². The largest absolute Gasteiger partial charge is 0.508 e. The second-order valence-corrected chi connectivity index (χ2v) is 13.8. The monoisotopic (exact) mass is 728 g/mol. The maximum absolute atomic E-state index is 12.6. The van der Waals surface area contributed by atoms with E-state index in [0.29, 0.717) is 24.0 Å². The highest BCUT2D eigenvalue weighted by Gasteiger charge is 2.38. The molecule has 1 fully saturated rings. The van der Waals surface area contributed by atoms with Crippen molar-refractivity contribution in [3.05, 3.63) is 155 Å². The maximum Gasteiger partial charge on any atom is 0.315 e. The number of carbonyl (C=O) groups is 1. The lowest BCUT2D eigenvalue weighted by Crippen LogP contribution is -2.38. The van der Waals surface area contributed by atoms with Crippen molar-refractivity contribution in [1.82, 2.24) is 30.8 Å². The smallest absolute Gasteiger partial charge is 0.315 e. The van der Waals surface area contributed by atoms with E-state index < -0.39 is 6.29 Å². The summed E-state index contributed by atoms with van der Waals surface area (Å²) >= 11 is 1.49. The highest BCUT2D eigenvalue weighted by atomic mass is 32.2. The number of tetrazole rings is 1. The number of urea groups is 1. The second-order valence-electron chi connectivity index (χ2n) is 12.8. The number of amides is 2. The SMILES string of the molecule is C[C@H]1[C@@H](CSc2nnnn2-c2ccc(O)cc2)O[C@@H](c2ccc(-c3ccccc3CNC(=O)NCc3ccccc3)cc2)O[C@H]1c1ccc(CO)cc1. The van der Waals surface area contributed by atoms with Crippen molar-refractivity contribution < 1.29 is 24.5 Å². The maximum atomic E-state index is 12.6. The van der Waals surface area contributed by atoms with Crippen molar-refractivity contribution in [1.29, 1.82) is 0 Å². The quantitative estimate of drug-likeness (QED) is 0.0970. The van der Waals surface area contributed by atoms with Gasteiger partial charge in [0.15, 0.2) is 6.29 Å². The molecule has 1 aliphatic rings. The van der Waals surface area contributed by atoms with Gasteiger partial charge in [0.05, 0.1) is 24.5 Å².